The van der Waals surface area contributed by atoms with E-state index in [1.165, 1.54) is 71.6 Å². The van der Waals surface area contributed by atoms with E-state index in [1.54, 1.807) is 0 Å². The lowest BCUT2D eigenvalue weighted by Gasteiger charge is -2.23. The fourth-order valence-electron chi connectivity index (χ4n) is 5.12. The van der Waals surface area contributed by atoms with Crippen molar-refractivity contribution in [2.45, 2.75) is 34.6 Å². The van der Waals surface area contributed by atoms with E-state index >= 15 is 0 Å². The Morgan fingerprint density at radius 2 is 0.871 bits per heavy atom. The lowest BCUT2D eigenvalue weighted by Crippen LogP contribution is -2.01. The minimum absolute atomic E-state index is 1.28. The molecule has 152 valence electrons. The number of benzene rings is 5. The highest BCUT2D eigenvalue weighted by atomic mass is 14.2. The Morgan fingerprint density at radius 3 is 1.55 bits per heavy atom. The molecule has 5 aromatic rings. The molecule has 31 heavy (non-hydrogen) atoms. The summed E-state index contributed by atoms with van der Waals surface area (Å²) in [5.41, 5.74) is 12.3. The third kappa shape index (κ3) is 2.98. The zero-order valence-electron chi connectivity index (χ0n) is 19.0. The lowest BCUT2D eigenvalue weighted by atomic mass is 9.81. The predicted octanol–water partition coefficient (Wildman–Crippen LogP) is 8.87. The van der Waals surface area contributed by atoms with Crippen molar-refractivity contribution in [3.63, 3.8) is 0 Å². The molecule has 0 spiro atoms. The number of rotatable bonds is 2. The van der Waals surface area contributed by atoms with Crippen molar-refractivity contribution in [3.05, 3.63) is 107 Å². The summed E-state index contributed by atoms with van der Waals surface area (Å²) in [7, 11) is 0. The van der Waals surface area contributed by atoms with Gasteiger partial charge in [-0.25, -0.2) is 0 Å². The monoisotopic (exact) mass is 400 g/mol. The van der Waals surface area contributed by atoms with Crippen LogP contribution in [0.5, 0.6) is 0 Å². The second kappa shape index (κ2) is 7.39. The van der Waals surface area contributed by atoms with Gasteiger partial charge < -0.3 is 0 Å². The molecule has 0 aliphatic rings. The summed E-state index contributed by atoms with van der Waals surface area (Å²) in [5, 5.41) is 5.18. The minimum atomic E-state index is 1.28. The fraction of sp³-hybridized carbons (Fsp3) is 0.161. The van der Waals surface area contributed by atoms with Crippen molar-refractivity contribution in [2.75, 3.05) is 0 Å². The Morgan fingerprint density at radius 1 is 0.355 bits per heavy atom. The standard InChI is InChI=1S/C31H28/c1-19-20(2)22(4)30(23(5)21(19)3)29-18-17-25-12-7-9-15-27(25)31(29)28-16-10-13-24-11-6-8-14-26(24)28/h6-18H,1-5H3. The topological polar surface area (TPSA) is 0 Å². The van der Waals surface area contributed by atoms with Crippen LogP contribution in [0.1, 0.15) is 27.8 Å². The molecule has 0 saturated carbocycles. The molecule has 0 fully saturated rings. The normalized spacial score (nSPS) is 11.4. The number of hydrogen-bond donors (Lipinski definition) is 0. The zero-order chi connectivity index (χ0) is 21.7. The van der Waals surface area contributed by atoms with Crippen LogP contribution in [0.25, 0.3) is 43.8 Å². The smallest absolute Gasteiger partial charge is 0.00204 e. The van der Waals surface area contributed by atoms with Crippen LogP contribution in [-0.4, -0.2) is 0 Å². The molecule has 5 aromatic carbocycles. The molecular weight excluding hydrogens is 372 g/mol. The Balaban J connectivity index is 1.98. The Hall–Kier alpha value is -3.38. The second-order valence-electron chi connectivity index (χ2n) is 8.74. The Labute approximate surface area is 185 Å². The molecule has 0 nitrogen and oxygen atoms in total. The SMILES string of the molecule is Cc1c(C)c(C)c(-c2ccc3ccccc3c2-c2cccc3ccccc23)c(C)c1C. The van der Waals surface area contributed by atoms with Gasteiger partial charge >= 0.3 is 0 Å². The van der Waals surface area contributed by atoms with Crippen LogP contribution in [0.15, 0.2) is 78.9 Å². The highest BCUT2D eigenvalue weighted by Gasteiger charge is 2.19. The van der Waals surface area contributed by atoms with Crippen LogP contribution >= 0.6 is 0 Å². The Bertz CT molecular complexity index is 1430. The van der Waals surface area contributed by atoms with Crippen LogP contribution < -0.4 is 0 Å². The van der Waals surface area contributed by atoms with E-state index in [1.807, 2.05) is 0 Å². The minimum Gasteiger partial charge on any atom is -0.0616 e. The lowest BCUT2D eigenvalue weighted by molar-refractivity contribution is 1.18. The van der Waals surface area contributed by atoms with Crippen molar-refractivity contribution in [2.24, 2.45) is 0 Å². The van der Waals surface area contributed by atoms with E-state index in [-0.39, 0.29) is 0 Å². The van der Waals surface area contributed by atoms with E-state index in [9.17, 15) is 0 Å². The maximum atomic E-state index is 2.34. The summed E-state index contributed by atoms with van der Waals surface area (Å²) < 4.78 is 0. The van der Waals surface area contributed by atoms with Gasteiger partial charge in [-0.2, -0.15) is 0 Å². The highest BCUT2D eigenvalue weighted by molar-refractivity contribution is 6.11. The average Bonchev–Trinajstić information content (AvgIpc) is 2.81. The maximum Gasteiger partial charge on any atom is -0.00204 e. The summed E-state index contributed by atoms with van der Waals surface area (Å²) in [6.45, 7) is 11.3. The molecule has 0 bridgehead atoms. The Kier molecular flexibility index (Phi) is 4.67. The zero-order valence-corrected chi connectivity index (χ0v) is 19.0. The van der Waals surface area contributed by atoms with Crippen LogP contribution in [-0.2, 0) is 0 Å². The molecular formula is C31H28. The fourth-order valence-corrected chi connectivity index (χ4v) is 5.12. The number of hydrogen-bond acceptors (Lipinski definition) is 0. The summed E-state index contributed by atoms with van der Waals surface area (Å²) >= 11 is 0. The first kappa shape index (κ1) is 19.6. The number of fused-ring (bicyclic) bond motifs is 2. The van der Waals surface area contributed by atoms with Gasteiger partial charge in [-0.1, -0.05) is 78.9 Å². The van der Waals surface area contributed by atoms with Gasteiger partial charge in [0, 0.05) is 0 Å². The van der Waals surface area contributed by atoms with E-state index in [0.29, 0.717) is 0 Å². The molecule has 0 amide bonds. The van der Waals surface area contributed by atoms with Crippen molar-refractivity contribution in [3.8, 4) is 22.3 Å². The van der Waals surface area contributed by atoms with E-state index in [0.717, 1.165) is 0 Å². The summed E-state index contributed by atoms with van der Waals surface area (Å²) in [6.07, 6.45) is 0. The summed E-state index contributed by atoms with van der Waals surface area (Å²) in [4.78, 5) is 0. The average molecular weight is 401 g/mol. The highest BCUT2D eigenvalue weighted by Crippen LogP contribution is 2.44. The van der Waals surface area contributed by atoms with Crippen LogP contribution in [0.4, 0.5) is 0 Å². The summed E-state index contributed by atoms with van der Waals surface area (Å²) in [5.74, 6) is 0. The van der Waals surface area contributed by atoms with Crippen molar-refractivity contribution in [1.82, 2.24) is 0 Å². The van der Waals surface area contributed by atoms with Crippen LogP contribution in [0.3, 0.4) is 0 Å². The first-order valence-corrected chi connectivity index (χ1v) is 11.1. The van der Waals surface area contributed by atoms with Crippen molar-refractivity contribution >= 4 is 21.5 Å². The van der Waals surface area contributed by atoms with Gasteiger partial charge in [-0.15, -0.1) is 0 Å². The predicted molar refractivity (Wildman–Crippen MR) is 136 cm³/mol. The van der Waals surface area contributed by atoms with Gasteiger partial charge in [-0.05, 0) is 106 Å². The summed E-state index contributed by atoms with van der Waals surface area (Å²) in [6, 6.07) is 28.8. The van der Waals surface area contributed by atoms with E-state index in [2.05, 4.69) is 113 Å². The second-order valence-corrected chi connectivity index (χ2v) is 8.74. The third-order valence-corrected chi connectivity index (χ3v) is 7.26. The maximum absolute atomic E-state index is 2.34. The molecule has 0 radical (unpaired) electrons. The first-order valence-electron chi connectivity index (χ1n) is 11.1. The largest absolute Gasteiger partial charge is 0.0616 e. The van der Waals surface area contributed by atoms with Crippen molar-refractivity contribution in [1.29, 1.82) is 0 Å². The van der Waals surface area contributed by atoms with E-state index < -0.39 is 0 Å². The van der Waals surface area contributed by atoms with Crippen molar-refractivity contribution < 1.29 is 0 Å². The van der Waals surface area contributed by atoms with Gasteiger partial charge in [0.05, 0.1) is 0 Å². The molecule has 0 N–H and O–H groups in total. The molecule has 0 heterocycles. The quantitative estimate of drug-likeness (QED) is 0.277. The van der Waals surface area contributed by atoms with Gasteiger partial charge in [0.15, 0.2) is 0 Å². The molecule has 0 aromatic heterocycles. The van der Waals surface area contributed by atoms with Gasteiger partial charge in [0.25, 0.3) is 0 Å². The van der Waals surface area contributed by atoms with E-state index in [4.69, 9.17) is 0 Å². The molecule has 0 aliphatic carbocycles. The first-order chi connectivity index (χ1) is 15.0. The molecule has 0 atom stereocenters. The van der Waals surface area contributed by atoms with Gasteiger partial charge in [0.2, 0.25) is 0 Å². The molecule has 0 saturated heterocycles. The molecule has 5 rings (SSSR count). The third-order valence-electron chi connectivity index (χ3n) is 7.26. The molecule has 0 unspecified atom stereocenters. The van der Waals surface area contributed by atoms with Gasteiger partial charge in [-0.3, -0.25) is 0 Å². The molecule has 0 heteroatoms. The van der Waals surface area contributed by atoms with Gasteiger partial charge in [0.1, 0.15) is 0 Å². The van der Waals surface area contributed by atoms with Crippen LogP contribution in [0, 0.1) is 34.6 Å². The molecule has 0 aliphatic heterocycles. The van der Waals surface area contributed by atoms with Crippen LogP contribution in [0.2, 0.25) is 0 Å².